The van der Waals surface area contributed by atoms with Gasteiger partial charge in [0.05, 0.1) is 12.3 Å². The van der Waals surface area contributed by atoms with Crippen molar-refractivity contribution in [2.75, 3.05) is 13.2 Å². The molecule has 5 heteroatoms. The summed E-state index contributed by atoms with van der Waals surface area (Å²) >= 11 is 0. The molecule has 1 amide bonds. The fraction of sp³-hybridized carbons (Fsp3) is 0.615. The van der Waals surface area contributed by atoms with Crippen molar-refractivity contribution in [3.8, 4) is 0 Å². The van der Waals surface area contributed by atoms with Crippen LogP contribution in [0, 0.1) is 5.92 Å². The third-order valence-corrected chi connectivity index (χ3v) is 2.61. The molecule has 0 unspecified atom stereocenters. The Morgan fingerprint density at radius 2 is 2.33 bits per heavy atom. The lowest BCUT2D eigenvalue weighted by Crippen LogP contribution is -2.44. The lowest BCUT2D eigenvalue weighted by Gasteiger charge is -2.15. The lowest BCUT2D eigenvalue weighted by molar-refractivity contribution is -0.123. The first kappa shape index (κ1) is 14.7. The van der Waals surface area contributed by atoms with E-state index in [0.717, 1.165) is 12.2 Å². The fourth-order valence-corrected chi connectivity index (χ4v) is 1.37. The van der Waals surface area contributed by atoms with Gasteiger partial charge in [0.2, 0.25) is 5.91 Å². The first-order valence-electron chi connectivity index (χ1n) is 6.24. The molecule has 1 rings (SSSR count). The Morgan fingerprint density at radius 3 is 2.94 bits per heavy atom. The monoisotopic (exact) mass is 254 g/mol. The van der Waals surface area contributed by atoms with Gasteiger partial charge >= 0.3 is 0 Å². The quantitative estimate of drug-likeness (QED) is 0.685. The van der Waals surface area contributed by atoms with Gasteiger partial charge in [-0.05, 0) is 24.5 Å². The molecule has 0 aliphatic carbocycles. The second-order valence-corrected chi connectivity index (χ2v) is 4.55. The zero-order valence-electron chi connectivity index (χ0n) is 11.0. The van der Waals surface area contributed by atoms with E-state index in [1.165, 1.54) is 0 Å². The van der Waals surface area contributed by atoms with Gasteiger partial charge in [0.1, 0.15) is 12.4 Å². The highest BCUT2D eigenvalue weighted by Gasteiger charge is 2.15. The highest BCUT2D eigenvalue weighted by molar-refractivity contribution is 5.81. The van der Waals surface area contributed by atoms with Crippen LogP contribution in [0.15, 0.2) is 22.8 Å². The average molecular weight is 254 g/mol. The van der Waals surface area contributed by atoms with E-state index in [9.17, 15) is 4.79 Å². The van der Waals surface area contributed by atoms with Crippen LogP contribution in [0.1, 0.15) is 26.0 Å². The van der Waals surface area contributed by atoms with Crippen molar-refractivity contribution in [2.45, 2.75) is 32.9 Å². The number of ether oxygens (including phenoxy) is 1. The van der Waals surface area contributed by atoms with E-state index >= 15 is 0 Å². The van der Waals surface area contributed by atoms with Crippen LogP contribution < -0.4 is 11.1 Å². The molecule has 0 fully saturated rings. The molecule has 1 heterocycles. The van der Waals surface area contributed by atoms with Crippen LogP contribution in [0.2, 0.25) is 0 Å². The number of amides is 1. The Morgan fingerprint density at radius 1 is 1.56 bits per heavy atom. The van der Waals surface area contributed by atoms with E-state index in [0.29, 0.717) is 19.8 Å². The number of carbonyl (C=O) groups excluding carboxylic acids is 1. The molecule has 1 atom stereocenters. The molecule has 102 valence electrons. The normalized spacial score (nSPS) is 12.7. The van der Waals surface area contributed by atoms with E-state index < -0.39 is 6.04 Å². The Labute approximate surface area is 108 Å². The second kappa shape index (κ2) is 7.89. The highest BCUT2D eigenvalue weighted by atomic mass is 16.5. The van der Waals surface area contributed by atoms with Gasteiger partial charge < -0.3 is 20.2 Å². The molecule has 1 aromatic heterocycles. The lowest BCUT2D eigenvalue weighted by atomic mass is 10.1. The Bertz CT molecular complexity index is 336. The van der Waals surface area contributed by atoms with E-state index in [4.69, 9.17) is 14.9 Å². The third-order valence-electron chi connectivity index (χ3n) is 2.61. The highest BCUT2D eigenvalue weighted by Crippen LogP contribution is 2.02. The van der Waals surface area contributed by atoms with E-state index in [-0.39, 0.29) is 11.8 Å². The summed E-state index contributed by atoms with van der Waals surface area (Å²) < 4.78 is 10.5. The molecule has 18 heavy (non-hydrogen) atoms. The van der Waals surface area contributed by atoms with Gasteiger partial charge in [-0.2, -0.15) is 0 Å². The molecule has 0 radical (unpaired) electrons. The molecule has 1 aromatic rings. The SMILES string of the molecule is CC(C)[C@H](N)C(=O)NCCCOCc1ccco1. The van der Waals surface area contributed by atoms with Crippen LogP contribution >= 0.6 is 0 Å². The van der Waals surface area contributed by atoms with Gasteiger partial charge in [-0.15, -0.1) is 0 Å². The zero-order valence-corrected chi connectivity index (χ0v) is 11.0. The molecule has 0 aliphatic heterocycles. The maximum absolute atomic E-state index is 11.5. The van der Waals surface area contributed by atoms with E-state index in [1.807, 2.05) is 26.0 Å². The second-order valence-electron chi connectivity index (χ2n) is 4.55. The Balaban J connectivity index is 2.00. The van der Waals surface area contributed by atoms with Crippen molar-refractivity contribution in [2.24, 2.45) is 11.7 Å². The van der Waals surface area contributed by atoms with Gasteiger partial charge in [-0.1, -0.05) is 13.8 Å². The molecule has 0 aliphatic rings. The summed E-state index contributed by atoms with van der Waals surface area (Å²) in [5.41, 5.74) is 5.71. The molecule has 0 aromatic carbocycles. The van der Waals surface area contributed by atoms with Crippen LogP contribution in [-0.4, -0.2) is 25.1 Å². The van der Waals surface area contributed by atoms with Crippen molar-refractivity contribution in [3.05, 3.63) is 24.2 Å². The number of hydrogen-bond donors (Lipinski definition) is 2. The maximum atomic E-state index is 11.5. The van der Waals surface area contributed by atoms with Gasteiger partial charge in [-0.25, -0.2) is 0 Å². The first-order chi connectivity index (χ1) is 8.61. The van der Waals surface area contributed by atoms with Crippen molar-refractivity contribution in [1.29, 1.82) is 0 Å². The molecule has 0 bridgehead atoms. The molecular weight excluding hydrogens is 232 g/mol. The van der Waals surface area contributed by atoms with Gasteiger partial charge in [0.15, 0.2) is 0 Å². The summed E-state index contributed by atoms with van der Waals surface area (Å²) in [6, 6.07) is 3.25. The van der Waals surface area contributed by atoms with Crippen LogP contribution in [0.3, 0.4) is 0 Å². The molecule has 0 saturated heterocycles. The van der Waals surface area contributed by atoms with Gasteiger partial charge in [0.25, 0.3) is 0 Å². The predicted molar refractivity (Wildman–Crippen MR) is 68.8 cm³/mol. The first-order valence-corrected chi connectivity index (χ1v) is 6.24. The molecule has 0 spiro atoms. The maximum Gasteiger partial charge on any atom is 0.237 e. The van der Waals surface area contributed by atoms with E-state index in [1.54, 1.807) is 6.26 Å². The minimum atomic E-state index is -0.436. The molecule has 5 nitrogen and oxygen atoms in total. The zero-order chi connectivity index (χ0) is 13.4. The largest absolute Gasteiger partial charge is 0.467 e. The molecular formula is C13H22N2O3. The van der Waals surface area contributed by atoms with Crippen LogP contribution in [0.25, 0.3) is 0 Å². The number of rotatable bonds is 8. The Hall–Kier alpha value is -1.33. The number of hydrogen-bond acceptors (Lipinski definition) is 4. The van der Waals surface area contributed by atoms with E-state index in [2.05, 4.69) is 5.32 Å². The van der Waals surface area contributed by atoms with Crippen LogP contribution in [0.4, 0.5) is 0 Å². The summed E-state index contributed by atoms with van der Waals surface area (Å²) in [7, 11) is 0. The Kier molecular flexibility index (Phi) is 6.46. The summed E-state index contributed by atoms with van der Waals surface area (Å²) in [6.45, 7) is 5.48. The summed E-state index contributed by atoms with van der Waals surface area (Å²) in [5, 5.41) is 2.79. The molecule has 0 saturated carbocycles. The fourth-order valence-electron chi connectivity index (χ4n) is 1.37. The minimum Gasteiger partial charge on any atom is -0.467 e. The average Bonchev–Trinajstić information content (AvgIpc) is 2.85. The number of furan rings is 1. The third kappa shape index (κ3) is 5.33. The number of nitrogens with one attached hydrogen (secondary N) is 1. The topological polar surface area (TPSA) is 77.5 Å². The van der Waals surface area contributed by atoms with Crippen LogP contribution in [-0.2, 0) is 16.1 Å². The molecule has 3 N–H and O–H groups in total. The van der Waals surface area contributed by atoms with Gasteiger partial charge in [0, 0.05) is 13.2 Å². The van der Waals surface area contributed by atoms with Crippen molar-refractivity contribution in [3.63, 3.8) is 0 Å². The van der Waals surface area contributed by atoms with Crippen molar-refractivity contribution < 1.29 is 13.9 Å². The number of nitrogens with two attached hydrogens (primary N) is 1. The smallest absolute Gasteiger partial charge is 0.237 e. The predicted octanol–water partition coefficient (Wildman–Crippen LogP) is 1.29. The minimum absolute atomic E-state index is 0.101. The summed E-state index contributed by atoms with van der Waals surface area (Å²) in [5.74, 6) is 0.858. The number of carbonyl (C=O) groups is 1. The summed E-state index contributed by atoms with van der Waals surface area (Å²) in [4.78, 5) is 11.5. The van der Waals surface area contributed by atoms with Crippen molar-refractivity contribution in [1.82, 2.24) is 5.32 Å². The van der Waals surface area contributed by atoms with Crippen LogP contribution in [0.5, 0.6) is 0 Å². The summed E-state index contributed by atoms with van der Waals surface area (Å²) in [6.07, 6.45) is 2.38. The van der Waals surface area contributed by atoms with Crippen molar-refractivity contribution >= 4 is 5.91 Å². The van der Waals surface area contributed by atoms with Gasteiger partial charge in [-0.3, -0.25) is 4.79 Å². The standard InChI is InChI=1S/C13H22N2O3/c1-10(2)12(14)13(16)15-6-4-7-17-9-11-5-3-8-18-11/h3,5,8,10,12H,4,6-7,9,14H2,1-2H3,(H,15,16)/t12-/m0/s1.